The molecule has 71 heavy (non-hydrogen) atoms. The number of unbranched alkanes of at least 4 members (excludes halogenated alkanes) is 4. The number of amides is 4. The number of benzene rings is 3. The predicted octanol–water partition coefficient (Wildman–Crippen LogP) is 3.78. The smallest absolute Gasteiger partial charge is 0.242 e. The van der Waals surface area contributed by atoms with Gasteiger partial charge in [-0.2, -0.15) is 5.10 Å². The summed E-state index contributed by atoms with van der Waals surface area (Å²) < 4.78 is 12.1. The van der Waals surface area contributed by atoms with Crippen LogP contribution in [0.3, 0.4) is 0 Å². The zero-order valence-corrected chi connectivity index (χ0v) is 43.6. The van der Waals surface area contributed by atoms with E-state index in [0.29, 0.717) is 61.4 Å². The fraction of sp³-hybridized carbons (Fsp3) is 0.519. The number of aryl methyl sites for hydroxylation is 3. The van der Waals surface area contributed by atoms with Crippen molar-refractivity contribution in [3.63, 3.8) is 0 Å². The SMILES string of the molecule is CC(=O)CNC=O.CCCC(Cc1ccc(OCCN)c(-c2cc(C(C)N(C)C(=O)CNC=O)ccc2OCCN)c1)C(=O)NCC(=O)/C(=N/N)NN.CCCCCCCc1ccc(C)c(C)c1.CCN. The maximum Gasteiger partial charge on any atom is 0.242 e. The molecule has 0 fully saturated rings. The van der Waals surface area contributed by atoms with Crippen LogP contribution in [0.1, 0.15) is 113 Å². The number of Topliss-reactive ketones (excluding diaryl/α,β-unsaturated/α-hetero) is 2. The Bertz CT molecular complexity index is 2070. The van der Waals surface area contributed by atoms with Gasteiger partial charge in [0.1, 0.15) is 30.5 Å². The van der Waals surface area contributed by atoms with E-state index in [9.17, 15) is 28.8 Å². The molecule has 0 aliphatic heterocycles. The number of ketones is 2. The quantitative estimate of drug-likeness (QED) is 0.0119. The van der Waals surface area contributed by atoms with Gasteiger partial charge in [0.05, 0.1) is 25.7 Å². The summed E-state index contributed by atoms with van der Waals surface area (Å²) >= 11 is 0. The fourth-order valence-corrected chi connectivity index (χ4v) is 6.84. The molecule has 4 amide bonds. The van der Waals surface area contributed by atoms with Crippen LogP contribution >= 0.6 is 0 Å². The van der Waals surface area contributed by atoms with Crippen molar-refractivity contribution in [1.29, 1.82) is 0 Å². The van der Waals surface area contributed by atoms with Crippen molar-refractivity contribution in [3.05, 3.63) is 82.4 Å². The van der Waals surface area contributed by atoms with Gasteiger partial charge >= 0.3 is 0 Å². The molecule has 19 heteroatoms. The molecule has 0 aliphatic carbocycles. The number of rotatable bonds is 29. The monoisotopic (exact) mass is 992 g/mol. The number of hydrazine groups is 1. The third-order valence-electron chi connectivity index (χ3n) is 10.9. The Hall–Kier alpha value is -6.41. The highest BCUT2D eigenvalue weighted by molar-refractivity contribution is 6.39. The minimum Gasteiger partial charge on any atom is -0.492 e. The van der Waals surface area contributed by atoms with Crippen LogP contribution in [0.15, 0.2) is 59.7 Å². The molecule has 0 bridgehead atoms. The van der Waals surface area contributed by atoms with E-state index in [2.05, 4.69) is 65.4 Å². The zero-order valence-electron chi connectivity index (χ0n) is 43.6. The number of amidine groups is 1. The molecule has 0 spiro atoms. The summed E-state index contributed by atoms with van der Waals surface area (Å²) in [4.78, 5) is 69.7. The van der Waals surface area contributed by atoms with Crippen molar-refractivity contribution in [1.82, 2.24) is 26.3 Å². The normalized spacial score (nSPS) is 11.3. The van der Waals surface area contributed by atoms with Crippen molar-refractivity contribution in [2.45, 2.75) is 112 Å². The van der Waals surface area contributed by atoms with E-state index < -0.39 is 11.7 Å². The van der Waals surface area contributed by atoms with Crippen LogP contribution in [-0.2, 0) is 41.6 Å². The van der Waals surface area contributed by atoms with Crippen molar-refractivity contribution in [3.8, 4) is 22.6 Å². The molecule has 3 aromatic carbocycles. The number of nitrogens with two attached hydrogens (primary N) is 5. The van der Waals surface area contributed by atoms with Crippen molar-refractivity contribution < 1.29 is 38.2 Å². The summed E-state index contributed by atoms with van der Waals surface area (Å²) in [5.41, 5.74) is 25.9. The number of carbonyl (C=O) groups excluding carboxylic acids is 6. The summed E-state index contributed by atoms with van der Waals surface area (Å²) in [6.07, 6.45) is 10.8. The summed E-state index contributed by atoms with van der Waals surface area (Å²) in [5.74, 6) is 9.70. The predicted molar refractivity (Wildman–Crippen MR) is 283 cm³/mol. The number of ether oxygens (including phenoxy) is 2. The fourth-order valence-electron chi connectivity index (χ4n) is 6.84. The molecule has 0 saturated heterocycles. The molecule has 2 atom stereocenters. The number of nitrogens with zero attached hydrogens (tertiary/aromatic N) is 2. The zero-order chi connectivity index (χ0) is 53.6. The Kier molecular flexibility index (Phi) is 35.8. The number of nitrogens with one attached hydrogen (secondary N) is 4. The molecule has 3 rings (SSSR count). The van der Waals surface area contributed by atoms with E-state index in [-0.39, 0.29) is 62.3 Å². The van der Waals surface area contributed by atoms with Gasteiger partial charge in [0, 0.05) is 37.2 Å². The van der Waals surface area contributed by atoms with E-state index in [1.54, 1.807) is 11.9 Å². The third kappa shape index (κ3) is 26.4. The van der Waals surface area contributed by atoms with Crippen LogP contribution in [0.2, 0.25) is 0 Å². The maximum absolute atomic E-state index is 13.2. The van der Waals surface area contributed by atoms with Gasteiger partial charge in [-0.3, -0.25) is 28.8 Å². The molecule has 396 valence electrons. The van der Waals surface area contributed by atoms with Gasteiger partial charge in [-0.05, 0) is 112 Å². The largest absolute Gasteiger partial charge is 0.492 e. The lowest BCUT2D eigenvalue weighted by Gasteiger charge is -2.26. The number of likely N-dealkylation sites (N-methyl/N-ethyl adjacent to an activating group) is 1. The average molecular weight is 992 g/mol. The number of carbonyl (C=O) groups is 6. The van der Waals surface area contributed by atoms with Gasteiger partial charge in [0.15, 0.2) is 0 Å². The summed E-state index contributed by atoms with van der Waals surface area (Å²) in [7, 11) is 1.66. The standard InChI is InChI=1S/C31H47N9O6.C15H24.C4H7NO2.C2H7N/c1-4-5-23(31(44)37-17-26(42)30(38-34)39-35)14-21-6-8-27(45-12-10-32)24(15-21)25-16-22(7-9-28(25)46-13-11-33)20(2)40(3)29(43)18-36-19-41;1-4-5-6-7-8-9-15-11-10-13(2)14(3)12-15;1-4(7)2-5-3-6;1-2-3/h6-9,15-16,19-20,23H,4-5,10-14,17-18,32-35H2,1-3H3,(H,36,41)(H,37,44)(H,38,39);10-12H,4-9H2,1-3H3;3H,2H2,1H3,(H,5,6);2-3H2,1H3. The second kappa shape index (κ2) is 39.3. The molecule has 19 nitrogen and oxygen atoms in total. The van der Waals surface area contributed by atoms with Crippen LogP contribution < -0.4 is 59.7 Å². The lowest BCUT2D eigenvalue weighted by Crippen LogP contribution is -2.44. The number of hydrazone groups is 1. The van der Waals surface area contributed by atoms with E-state index in [4.69, 9.17) is 38.4 Å². The second-order valence-electron chi connectivity index (χ2n) is 16.7. The van der Waals surface area contributed by atoms with Crippen molar-refractivity contribution >= 4 is 42.0 Å². The third-order valence-corrected chi connectivity index (χ3v) is 10.9. The second-order valence-corrected chi connectivity index (χ2v) is 16.7. The molecule has 0 saturated carbocycles. The van der Waals surface area contributed by atoms with Gasteiger partial charge < -0.3 is 58.8 Å². The van der Waals surface area contributed by atoms with Crippen LogP contribution in [0.4, 0.5) is 0 Å². The van der Waals surface area contributed by atoms with Gasteiger partial charge in [0.2, 0.25) is 36.3 Å². The van der Waals surface area contributed by atoms with E-state index in [0.717, 1.165) is 24.1 Å². The Labute approximate surface area is 422 Å². The van der Waals surface area contributed by atoms with Gasteiger partial charge in [-0.15, -0.1) is 0 Å². The highest BCUT2D eigenvalue weighted by Crippen LogP contribution is 2.40. The number of hydrogen-bond donors (Lipinski definition) is 9. The molecule has 0 aliphatic rings. The Morgan fingerprint density at radius 3 is 1.85 bits per heavy atom. The Morgan fingerprint density at radius 2 is 1.32 bits per heavy atom. The highest BCUT2D eigenvalue weighted by atomic mass is 16.5. The van der Waals surface area contributed by atoms with Crippen LogP contribution in [0.25, 0.3) is 11.1 Å². The average Bonchev–Trinajstić information content (AvgIpc) is 3.36. The highest BCUT2D eigenvalue weighted by Gasteiger charge is 2.23. The molecule has 2 unspecified atom stereocenters. The summed E-state index contributed by atoms with van der Waals surface area (Å²) in [6.45, 7) is 15.4. The molecular weight excluding hydrogens is 907 g/mol. The van der Waals surface area contributed by atoms with Crippen molar-refractivity contribution in [2.24, 2.45) is 39.9 Å². The topological polar surface area (TPSA) is 315 Å². The van der Waals surface area contributed by atoms with E-state index in [1.807, 2.05) is 57.2 Å². The summed E-state index contributed by atoms with van der Waals surface area (Å²) in [6, 6.07) is 17.8. The van der Waals surface area contributed by atoms with E-state index >= 15 is 0 Å². The van der Waals surface area contributed by atoms with Crippen LogP contribution in [0.5, 0.6) is 11.5 Å². The van der Waals surface area contributed by atoms with E-state index in [1.165, 1.54) is 62.1 Å². The van der Waals surface area contributed by atoms with Gasteiger partial charge in [0.25, 0.3) is 0 Å². The lowest BCUT2D eigenvalue weighted by atomic mass is 9.91. The summed E-state index contributed by atoms with van der Waals surface area (Å²) in [5, 5.41) is 10.6. The molecule has 0 heterocycles. The Balaban J connectivity index is 0.00000159. The molecule has 3 aromatic rings. The maximum atomic E-state index is 13.2. The van der Waals surface area contributed by atoms with Crippen molar-refractivity contribution in [2.75, 3.05) is 59.5 Å². The first kappa shape index (κ1) is 64.6. The molecule has 14 N–H and O–H groups in total. The molecule has 0 aromatic heterocycles. The Morgan fingerprint density at radius 1 is 0.746 bits per heavy atom. The van der Waals surface area contributed by atoms with Crippen LogP contribution in [0, 0.1) is 19.8 Å². The lowest BCUT2D eigenvalue weighted by molar-refractivity contribution is -0.131. The van der Waals surface area contributed by atoms with Gasteiger partial charge in [-0.1, -0.05) is 83.2 Å². The molecular formula is C52H85N11O8. The minimum atomic E-state index is -0.552. The first-order valence-electron chi connectivity index (χ1n) is 24.4. The minimum absolute atomic E-state index is 0.0351. The number of hydrogen-bond acceptors (Lipinski definition) is 14. The van der Waals surface area contributed by atoms with Crippen LogP contribution in [-0.4, -0.2) is 106 Å². The van der Waals surface area contributed by atoms with Gasteiger partial charge in [-0.25, -0.2) is 5.84 Å². The molecule has 0 radical (unpaired) electrons. The first-order chi connectivity index (χ1) is 34.1. The first-order valence-corrected chi connectivity index (χ1v) is 24.4.